The summed E-state index contributed by atoms with van der Waals surface area (Å²) in [4.78, 5) is 16.4. The SMILES string of the molecule is O=C(Cc1c(Cl)ccc2ccccc12)c1ccccn1. The Morgan fingerprint density at radius 1 is 1.00 bits per heavy atom. The van der Waals surface area contributed by atoms with E-state index in [4.69, 9.17) is 11.6 Å². The monoisotopic (exact) mass is 281 g/mol. The Hall–Kier alpha value is -2.19. The molecule has 1 aromatic heterocycles. The maximum absolute atomic E-state index is 12.3. The van der Waals surface area contributed by atoms with Gasteiger partial charge in [-0.3, -0.25) is 9.78 Å². The fourth-order valence-corrected chi connectivity index (χ4v) is 2.50. The molecule has 20 heavy (non-hydrogen) atoms. The van der Waals surface area contributed by atoms with Gasteiger partial charge in [0.1, 0.15) is 5.69 Å². The second-order valence-corrected chi connectivity index (χ2v) is 4.97. The van der Waals surface area contributed by atoms with Crippen LogP contribution in [0.1, 0.15) is 16.1 Å². The van der Waals surface area contributed by atoms with Crippen molar-refractivity contribution in [1.29, 1.82) is 0 Å². The Balaban J connectivity index is 2.03. The number of carbonyl (C=O) groups excluding carboxylic acids is 1. The first-order valence-corrected chi connectivity index (χ1v) is 6.74. The summed E-state index contributed by atoms with van der Waals surface area (Å²) in [6.07, 6.45) is 1.88. The van der Waals surface area contributed by atoms with E-state index in [0.29, 0.717) is 10.7 Å². The number of pyridine rings is 1. The van der Waals surface area contributed by atoms with Crippen LogP contribution in [0.2, 0.25) is 5.02 Å². The number of benzene rings is 2. The fraction of sp³-hybridized carbons (Fsp3) is 0.0588. The summed E-state index contributed by atoms with van der Waals surface area (Å²) in [5.74, 6) is -0.0242. The summed E-state index contributed by atoms with van der Waals surface area (Å²) in [5, 5.41) is 2.72. The van der Waals surface area contributed by atoms with Crippen LogP contribution in [0.3, 0.4) is 0 Å². The molecule has 0 atom stereocenters. The van der Waals surface area contributed by atoms with Gasteiger partial charge in [0.15, 0.2) is 5.78 Å². The number of aromatic nitrogens is 1. The van der Waals surface area contributed by atoms with E-state index in [0.717, 1.165) is 16.3 Å². The number of rotatable bonds is 3. The Kier molecular flexibility index (Phi) is 3.48. The summed E-state index contributed by atoms with van der Waals surface area (Å²) in [7, 11) is 0. The summed E-state index contributed by atoms with van der Waals surface area (Å²) in [5.41, 5.74) is 1.33. The van der Waals surface area contributed by atoms with Gasteiger partial charge in [0.05, 0.1) is 0 Å². The second-order valence-electron chi connectivity index (χ2n) is 4.56. The van der Waals surface area contributed by atoms with Crippen molar-refractivity contribution < 1.29 is 4.79 Å². The lowest BCUT2D eigenvalue weighted by Crippen LogP contribution is -2.06. The van der Waals surface area contributed by atoms with Gasteiger partial charge in [0.25, 0.3) is 0 Å². The van der Waals surface area contributed by atoms with Crippen molar-refractivity contribution in [3.63, 3.8) is 0 Å². The maximum atomic E-state index is 12.3. The van der Waals surface area contributed by atoms with Crippen LogP contribution in [-0.2, 0) is 6.42 Å². The molecule has 0 radical (unpaired) electrons. The molecule has 0 fully saturated rings. The van der Waals surface area contributed by atoms with Crippen LogP contribution in [0.15, 0.2) is 60.8 Å². The number of hydrogen-bond acceptors (Lipinski definition) is 2. The van der Waals surface area contributed by atoms with Crippen LogP contribution in [0.25, 0.3) is 10.8 Å². The molecule has 0 N–H and O–H groups in total. The van der Waals surface area contributed by atoms with Gasteiger partial charge in [-0.05, 0) is 34.5 Å². The smallest absolute Gasteiger partial charge is 0.185 e. The number of carbonyl (C=O) groups is 1. The highest BCUT2D eigenvalue weighted by Gasteiger charge is 2.13. The molecule has 0 amide bonds. The molecule has 3 rings (SSSR count). The Bertz CT molecular complexity index is 768. The minimum Gasteiger partial charge on any atom is -0.292 e. The lowest BCUT2D eigenvalue weighted by atomic mass is 9.99. The van der Waals surface area contributed by atoms with E-state index in [9.17, 15) is 4.79 Å². The zero-order valence-corrected chi connectivity index (χ0v) is 11.5. The third-order valence-corrected chi connectivity index (χ3v) is 3.63. The third-order valence-electron chi connectivity index (χ3n) is 3.27. The first-order chi connectivity index (χ1) is 9.75. The van der Waals surface area contributed by atoms with Crippen molar-refractivity contribution >= 4 is 28.2 Å². The highest BCUT2D eigenvalue weighted by molar-refractivity contribution is 6.32. The van der Waals surface area contributed by atoms with E-state index < -0.39 is 0 Å². The molecule has 98 valence electrons. The zero-order valence-electron chi connectivity index (χ0n) is 10.7. The predicted molar refractivity (Wildman–Crippen MR) is 81.2 cm³/mol. The van der Waals surface area contributed by atoms with Gasteiger partial charge in [-0.2, -0.15) is 0 Å². The number of halogens is 1. The number of fused-ring (bicyclic) bond motifs is 1. The molecule has 0 saturated carbocycles. The standard InChI is InChI=1S/C17H12ClNO/c18-15-9-8-12-5-1-2-6-13(12)14(15)11-17(20)16-7-3-4-10-19-16/h1-10H,11H2. The van der Waals surface area contributed by atoms with Crippen LogP contribution < -0.4 is 0 Å². The summed E-state index contributed by atoms with van der Waals surface area (Å²) in [6, 6.07) is 17.1. The second kappa shape index (κ2) is 5.43. The molecule has 0 aliphatic rings. The van der Waals surface area contributed by atoms with Crippen molar-refractivity contribution in [1.82, 2.24) is 4.98 Å². The molecule has 1 heterocycles. The molecule has 2 nitrogen and oxygen atoms in total. The van der Waals surface area contributed by atoms with E-state index in [-0.39, 0.29) is 12.2 Å². The minimum absolute atomic E-state index is 0.0242. The first kappa shape index (κ1) is 12.8. The first-order valence-electron chi connectivity index (χ1n) is 6.36. The van der Waals surface area contributed by atoms with E-state index in [1.165, 1.54) is 0 Å². The van der Waals surface area contributed by atoms with Gasteiger partial charge in [0, 0.05) is 17.6 Å². The van der Waals surface area contributed by atoms with E-state index >= 15 is 0 Å². The number of ketones is 1. The molecular formula is C17H12ClNO. The fourth-order valence-electron chi connectivity index (χ4n) is 2.27. The quantitative estimate of drug-likeness (QED) is 0.670. The van der Waals surface area contributed by atoms with Crippen molar-refractivity contribution in [3.05, 3.63) is 77.1 Å². The van der Waals surface area contributed by atoms with Crippen LogP contribution >= 0.6 is 11.6 Å². The van der Waals surface area contributed by atoms with Crippen LogP contribution in [0.5, 0.6) is 0 Å². The van der Waals surface area contributed by atoms with Crippen molar-refractivity contribution in [3.8, 4) is 0 Å². The molecular weight excluding hydrogens is 270 g/mol. The predicted octanol–water partition coefficient (Wildman–Crippen LogP) is 4.31. The van der Waals surface area contributed by atoms with Gasteiger partial charge in [-0.25, -0.2) is 0 Å². The molecule has 2 aromatic carbocycles. The maximum Gasteiger partial charge on any atom is 0.185 e. The average molecular weight is 282 g/mol. The zero-order chi connectivity index (χ0) is 13.9. The van der Waals surface area contributed by atoms with Crippen LogP contribution in [-0.4, -0.2) is 10.8 Å². The average Bonchev–Trinajstić information content (AvgIpc) is 2.51. The van der Waals surface area contributed by atoms with Gasteiger partial charge >= 0.3 is 0 Å². The number of nitrogens with zero attached hydrogens (tertiary/aromatic N) is 1. The van der Waals surface area contributed by atoms with Crippen LogP contribution in [0, 0.1) is 0 Å². The van der Waals surface area contributed by atoms with E-state index in [2.05, 4.69) is 4.98 Å². The molecule has 0 saturated heterocycles. The van der Waals surface area contributed by atoms with Crippen molar-refractivity contribution in [2.24, 2.45) is 0 Å². The summed E-state index contributed by atoms with van der Waals surface area (Å²) >= 11 is 6.26. The minimum atomic E-state index is -0.0242. The molecule has 0 aliphatic heterocycles. The highest BCUT2D eigenvalue weighted by Crippen LogP contribution is 2.27. The normalized spacial score (nSPS) is 10.7. The molecule has 3 aromatic rings. The Labute approximate surface area is 122 Å². The number of hydrogen-bond donors (Lipinski definition) is 0. The lowest BCUT2D eigenvalue weighted by Gasteiger charge is -2.08. The highest BCUT2D eigenvalue weighted by atomic mass is 35.5. The topological polar surface area (TPSA) is 30.0 Å². The lowest BCUT2D eigenvalue weighted by molar-refractivity contribution is 0.0988. The Morgan fingerprint density at radius 2 is 1.80 bits per heavy atom. The summed E-state index contributed by atoms with van der Waals surface area (Å²) in [6.45, 7) is 0. The van der Waals surface area contributed by atoms with Crippen LogP contribution in [0.4, 0.5) is 0 Å². The van der Waals surface area contributed by atoms with E-state index in [1.807, 2.05) is 42.5 Å². The summed E-state index contributed by atoms with van der Waals surface area (Å²) < 4.78 is 0. The van der Waals surface area contributed by atoms with Gasteiger partial charge < -0.3 is 0 Å². The van der Waals surface area contributed by atoms with E-state index in [1.54, 1.807) is 18.3 Å². The van der Waals surface area contributed by atoms with Gasteiger partial charge in [-0.1, -0.05) is 48.0 Å². The molecule has 0 unspecified atom stereocenters. The largest absolute Gasteiger partial charge is 0.292 e. The number of Topliss-reactive ketones (excluding diaryl/α,β-unsaturated/α-hetero) is 1. The molecule has 0 bridgehead atoms. The van der Waals surface area contributed by atoms with Crippen molar-refractivity contribution in [2.75, 3.05) is 0 Å². The van der Waals surface area contributed by atoms with Crippen molar-refractivity contribution in [2.45, 2.75) is 6.42 Å². The Morgan fingerprint density at radius 3 is 2.60 bits per heavy atom. The third kappa shape index (κ3) is 2.43. The van der Waals surface area contributed by atoms with Gasteiger partial charge in [-0.15, -0.1) is 0 Å². The molecule has 3 heteroatoms. The van der Waals surface area contributed by atoms with Gasteiger partial charge in [0.2, 0.25) is 0 Å². The molecule has 0 spiro atoms. The molecule has 0 aliphatic carbocycles.